The molecule has 0 spiro atoms. The number of halogens is 1. The van der Waals surface area contributed by atoms with Crippen LogP contribution in [0.15, 0.2) is 34.3 Å². The lowest BCUT2D eigenvalue weighted by atomic mass is 10.1. The van der Waals surface area contributed by atoms with E-state index >= 15 is 0 Å². The molecule has 1 N–H and O–H groups in total. The first-order valence-corrected chi connectivity index (χ1v) is 7.94. The maximum Gasteiger partial charge on any atom is 0.339 e. The molecule has 0 atom stereocenters. The normalized spacial score (nSPS) is 12.8. The third-order valence-electron chi connectivity index (χ3n) is 3.90. The number of aryl methyl sites for hydroxylation is 1. The highest BCUT2D eigenvalue weighted by Gasteiger charge is 2.22. The number of nitrogens with zero attached hydrogens (tertiary/aromatic N) is 1. The van der Waals surface area contributed by atoms with Gasteiger partial charge < -0.3 is 19.2 Å². The summed E-state index contributed by atoms with van der Waals surface area (Å²) in [4.78, 5) is 25.1. The van der Waals surface area contributed by atoms with Gasteiger partial charge in [0.1, 0.15) is 29.4 Å². The van der Waals surface area contributed by atoms with Gasteiger partial charge in [0.15, 0.2) is 0 Å². The smallest absolute Gasteiger partial charge is 0.339 e. The second kappa shape index (κ2) is 6.64. The van der Waals surface area contributed by atoms with Crippen molar-refractivity contribution in [3.8, 4) is 5.75 Å². The Labute approximate surface area is 149 Å². The Morgan fingerprint density at radius 2 is 2.08 bits per heavy atom. The van der Waals surface area contributed by atoms with Crippen molar-refractivity contribution >= 4 is 29.6 Å². The molecule has 1 amide bonds. The second-order valence-corrected chi connectivity index (χ2v) is 6.23. The van der Waals surface area contributed by atoms with E-state index in [-0.39, 0.29) is 24.6 Å². The fraction of sp³-hybridized carbons (Fsp3) is 0.222. The molecule has 2 heterocycles. The third-order valence-corrected chi connectivity index (χ3v) is 4.13. The van der Waals surface area contributed by atoms with Crippen LogP contribution in [-0.4, -0.2) is 35.5 Å². The molecule has 0 aliphatic carbocycles. The number of rotatable bonds is 4. The molecule has 2 aromatic rings. The molecule has 7 heteroatoms. The van der Waals surface area contributed by atoms with Gasteiger partial charge in [-0.15, -0.1) is 0 Å². The fourth-order valence-electron chi connectivity index (χ4n) is 2.66. The molecular weight excluding hydrogens is 346 g/mol. The summed E-state index contributed by atoms with van der Waals surface area (Å²) < 4.78 is 11.0. The van der Waals surface area contributed by atoms with E-state index in [1.807, 2.05) is 0 Å². The predicted octanol–water partition coefficient (Wildman–Crippen LogP) is 3.37. The van der Waals surface area contributed by atoms with Crippen LogP contribution >= 0.6 is 11.6 Å². The number of aromatic carboxylic acids is 1. The highest BCUT2D eigenvalue weighted by Crippen LogP contribution is 2.29. The fourth-order valence-corrected chi connectivity index (χ4v) is 2.84. The zero-order chi connectivity index (χ0) is 18.1. The van der Waals surface area contributed by atoms with E-state index in [1.165, 1.54) is 11.0 Å². The molecule has 1 aliphatic heterocycles. The first-order chi connectivity index (χ1) is 11.8. The highest BCUT2D eigenvalue weighted by molar-refractivity contribution is 6.30. The summed E-state index contributed by atoms with van der Waals surface area (Å²) in [6.07, 6.45) is 1.75. The van der Waals surface area contributed by atoms with Crippen molar-refractivity contribution in [2.24, 2.45) is 0 Å². The van der Waals surface area contributed by atoms with Crippen LogP contribution in [0.25, 0.3) is 6.08 Å². The van der Waals surface area contributed by atoms with Crippen LogP contribution in [0.2, 0.25) is 5.02 Å². The van der Waals surface area contributed by atoms with Gasteiger partial charge in [-0.05, 0) is 37.3 Å². The highest BCUT2D eigenvalue weighted by atomic mass is 35.5. The molecule has 1 aliphatic rings. The largest absolute Gasteiger partial charge is 0.488 e. The number of carbonyl (C=O) groups excluding carboxylic acids is 1. The van der Waals surface area contributed by atoms with Gasteiger partial charge in [0.2, 0.25) is 0 Å². The van der Waals surface area contributed by atoms with Crippen molar-refractivity contribution in [3.63, 3.8) is 0 Å². The van der Waals surface area contributed by atoms with Crippen molar-refractivity contribution < 1.29 is 23.8 Å². The van der Waals surface area contributed by atoms with Gasteiger partial charge in [-0.2, -0.15) is 0 Å². The first-order valence-electron chi connectivity index (χ1n) is 7.56. The number of hydrogen-bond acceptors (Lipinski definition) is 4. The van der Waals surface area contributed by atoms with Crippen molar-refractivity contribution in [2.75, 3.05) is 13.7 Å². The molecule has 0 saturated carbocycles. The minimum atomic E-state index is -1.06. The zero-order valence-electron chi connectivity index (χ0n) is 13.7. The molecule has 25 heavy (non-hydrogen) atoms. The van der Waals surface area contributed by atoms with E-state index in [0.29, 0.717) is 27.9 Å². The number of benzene rings is 1. The molecule has 0 fully saturated rings. The average molecular weight is 362 g/mol. The van der Waals surface area contributed by atoms with Gasteiger partial charge in [-0.25, -0.2) is 4.79 Å². The van der Waals surface area contributed by atoms with Gasteiger partial charge in [0, 0.05) is 17.6 Å². The van der Waals surface area contributed by atoms with Crippen molar-refractivity contribution in [3.05, 3.63) is 57.5 Å². The van der Waals surface area contributed by atoms with E-state index in [1.54, 1.807) is 38.2 Å². The molecule has 130 valence electrons. The SMILES string of the molecule is Cc1oc(CN(C)C(=O)C2=Cc3cc(Cl)ccc3OC2)cc1C(=O)O. The Bertz CT molecular complexity index is 884. The summed E-state index contributed by atoms with van der Waals surface area (Å²) in [5, 5.41) is 9.63. The maximum atomic E-state index is 12.6. The van der Waals surface area contributed by atoms with Crippen LogP contribution in [-0.2, 0) is 11.3 Å². The molecule has 3 rings (SSSR count). The number of likely N-dealkylation sites (N-methyl/N-ethyl adjacent to an activating group) is 1. The molecule has 0 unspecified atom stereocenters. The van der Waals surface area contributed by atoms with Crippen LogP contribution < -0.4 is 4.74 Å². The number of carboxylic acids is 1. The van der Waals surface area contributed by atoms with Crippen molar-refractivity contribution in [1.82, 2.24) is 4.90 Å². The number of carbonyl (C=O) groups is 2. The summed E-state index contributed by atoms with van der Waals surface area (Å²) in [7, 11) is 1.62. The Kier molecular flexibility index (Phi) is 4.55. The predicted molar refractivity (Wildman–Crippen MR) is 91.8 cm³/mol. The number of hydrogen-bond donors (Lipinski definition) is 1. The summed E-state index contributed by atoms with van der Waals surface area (Å²) in [5.41, 5.74) is 1.33. The molecular formula is C18H16ClNO5. The lowest BCUT2D eigenvalue weighted by Gasteiger charge is -2.22. The number of amides is 1. The standard InChI is InChI=1S/C18H16ClNO5/c1-10-15(18(22)23)7-14(25-10)8-20(2)17(21)12-5-11-6-13(19)3-4-16(11)24-9-12/h3-7H,8-9H2,1-2H3,(H,22,23). The van der Waals surface area contributed by atoms with Crippen molar-refractivity contribution in [2.45, 2.75) is 13.5 Å². The molecule has 1 aromatic heterocycles. The number of fused-ring (bicyclic) bond motifs is 1. The van der Waals surface area contributed by atoms with E-state index in [9.17, 15) is 9.59 Å². The van der Waals surface area contributed by atoms with Gasteiger partial charge in [0.25, 0.3) is 5.91 Å². The van der Waals surface area contributed by atoms with Crippen LogP contribution in [0, 0.1) is 6.92 Å². The summed E-state index contributed by atoms with van der Waals surface area (Å²) in [5.74, 6) is 0.116. The Morgan fingerprint density at radius 1 is 1.32 bits per heavy atom. The summed E-state index contributed by atoms with van der Waals surface area (Å²) in [6.45, 7) is 1.90. The maximum absolute atomic E-state index is 12.6. The van der Waals surface area contributed by atoms with Crippen LogP contribution in [0.1, 0.15) is 27.4 Å². The second-order valence-electron chi connectivity index (χ2n) is 5.79. The third kappa shape index (κ3) is 3.53. The zero-order valence-corrected chi connectivity index (χ0v) is 14.5. The molecule has 6 nitrogen and oxygen atoms in total. The lowest BCUT2D eigenvalue weighted by molar-refractivity contribution is -0.126. The molecule has 1 aromatic carbocycles. The van der Waals surface area contributed by atoms with E-state index in [2.05, 4.69) is 0 Å². The van der Waals surface area contributed by atoms with Crippen LogP contribution in [0.5, 0.6) is 5.75 Å². The van der Waals surface area contributed by atoms with E-state index in [0.717, 1.165) is 5.56 Å². The van der Waals surface area contributed by atoms with Crippen molar-refractivity contribution in [1.29, 1.82) is 0 Å². The lowest BCUT2D eigenvalue weighted by Crippen LogP contribution is -2.30. The van der Waals surface area contributed by atoms with E-state index in [4.69, 9.17) is 25.9 Å². The van der Waals surface area contributed by atoms with Crippen LogP contribution in [0.3, 0.4) is 0 Å². The van der Waals surface area contributed by atoms with Crippen LogP contribution in [0.4, 0.5) is 0 Å². The van der Waals surface area contributed by atoms with E-state index < -0.39 is 5.97 Å². The topological polar surface area (TPSA) is 80.0 Å². The number of carboxylic acid groups (broad SMARTS) is 1. The Hall–Kier alpha value is -2.73. The summed E-state index contributed by atoms with van der Waals surface area (Å²) in [6, 6.07) is 6.66. The first kappa shape index (κ1) is 17.1. The average Bonchev–Trinajstić information content (AvgIpc) is 2.94. The molecule has 0 saturated heterocycles. The minimum Gasteiger partial charge on any atom is -0.488 e. The summed E-state index contributed by atoms with van der Waals surface area (Å²) >= 11 is 5.98. The molecule has 0 radical (unpaired) electrons. The molecule has 0 bridgehead atoms. The Morgan fingerprint density at radius 3 is 2.76 bits per heavy atom. The Balaban J connectivity index is 1.77. The number of furan rings is 1. The van der Waals surface area contributed by atoms with Gasteiger partial charge in [-0.1, -0.05) is 11.6 Å². The van der Waals surface area contributed by atoms with Gasteiger partial charge in [-0.3, -0.25) is 4.79 Å². The number of ether oxygens (including phenoxy) is 1. The van der Waals surface area contributed by atoms with Gasteiger partial charge >= 0.3 is 5.97 Å². The monoisotopic (exact) mass is 361 g/mol. The minimum absolute atomic E-state index is 0.0969. The quantitative estimate of drug-likeness (QED) is 0.903. The van der Waals surface area contributed by atoms with Gasteiger partial charge in [0.05, 0.1) is 12.1 Å².